The Labute approximate surface area is 107 Å². The molecule has 1 unspecified atom stereocenters. The Bertz CT molecular complexity index is 490. The second-order valence-electron chi connectivity index (χ2n) is 4.01. The van der Waals surface area contributed by atoms with Gasteiger partial charge in [0.2, 0.25) is 5.91 Å². The van der Waals surface area contributed by atoms with Crippen LogP contribution in [0.5, 0.6) is 0 Å². The average Bonchev–Trinajstić information content (AvgIpc) is 2.57. The third-order valence-corrected chi connectivity index (χ3v) is 3.37. The summed E-state index contributed by atoms with van der Waals surface area (Å²) in [6.07, 6.45) is 0.380. The van der Waals surface area contributed by atoms with Gasteiger partial charge >= 0.3 is 0 Å². The van der Waals surface area contributed by atoms with Crippen LogP contribution >= 0.6 is 15.9 Å². The fraction of sp³-hybridized carbons (Fsp3) is 0.364. The number of para-hydroxylation sites is 1. The third-order valence-electron chi connectivity index (χ3n) is 2.76. The Balaban J connectivity index is 2.51. The van der Waals surface area contributed by atoms with E-state index < -0.39 is 4.92 Å². The minimum absolute atomic E-state index is 0.0139. The molecule has 0 radical (unpaired) electrons. The number of benzene rings is 1. The van der Waals surface area contributed by atoms with Gasteiger partial charge < -0.3 is 4.90 Å². The highest BCUT2D eigenvalue weighted by atomic mass is 79.9. The largest absolute Gasteiger partial charge is 0.305 e. The molecular formula is C11H11BrN2O3. The van der Waals surface area contributed by atoms with E-state index >= 15 is 0 Å². The summed E-state index contributed by atoms with van der Waals surface area (Å²) in [5.74, 6) is -0.0794. The minimum atomic E-state index is -0.447. The van der Waals surface area contributed by atoms with E-state index in [1.54, 1.807) is 19.1 Å². The van der Waals surface area contributed by atoms with Gasteiger partial charge in [-0.2, -0.15) is 0 Å². The summed E-state index contributed by atoms with van der Waals surface area (Å²) in [5.41, 5.74) is 1.15. The monoisotopic (exact) mass is 298 g/mol. The molecule has 0 saturated carbocycles. The lowest BCUT2D eigenvalue weighted by Crippen LogP contribution is -2.26. The number of hydrogen-bond donors (Lipinski definition) is 0. The first-order chi connectivity index (χ1) is 8.00. The minimum Gasteiger partial charge on any atom is -0.305 e. The summed E-state index contributed by atoms with van der Waals surface area (Å²) in [5, 5.41) is 11.0. The second-order valence-corrected chi connectivity index (χ2v) is 5.30. The number of rotatable bonds is 2. The maximum atomic E-state index is 11.8. The summed E-state index contributed by atoms with van der Waals surface area (Å²) >= 11 is 3.37. The fourth-order valence-corrected chi connectivity index (χ4v) is 2.59. The summed E-state index contributed by atoms with van der Waals surface area (Å²) in [6, 6.07) is 4.83. The number of hydrogen-bond acceptors (Lipinski definition) is 3. The van der Waals surface area contributed by atoms with E-state index in [9.17, 15) is 14.9 Å². The predicted molar refractivity (Wildman–Crippen MR) is 67.5 cm³/mol. The van der Waals surface area contributed by atoms with E-state index in [-0.39, 0.29) is 16.4 Å². The van der Waals surface area contributed by atoms with Gasteiger partial charge in [-0.1, -0.05) is 28.1 Å². The van der Waals surface area contributed by atoms with Crippen molar-refractivity contribution in [3.8, 4) is 0 Å². The number of alkyl halides is 1. The number of amides is 1. The summed E-state index contributed by atoms with van der Waals surface area (Å²) < 4.78 is 0. The molecule has 0 aromatic heterocycles. The molecule has 0 N–H and O–H groups in total. The Hall–Kier alpha value is -1.43. The lowest BCUT2D eigenvalue weighted by Gasteiger charge is -2.18. The highest BCUT2D eigenvalue weighted by Gasteiger charge is 2.33. The second kappa shape index (κ2) is 4.44. The van der Waals surface area contributed by atoms with Crippen LogP contribution in [0.25, 0.3) is 0 Å². The van der Waals surface area contributed by atoms with E-state index in [2.05, 4.69) is 15.9 Å². The van der Waals surface area contributed by atoms with Gasteiger partial charge in [-0.15, -0.1) is 0 Å². The molecule has 1 atom stereocenters. The van der Waals surface area contributed by atoms with Gasteiger partial charge in [0.05, 0.1) is 4.92 Å². The number of carbonyl (C=O) groups excluding carboxylic acids is 1. The van der Waals surface area contributed by atoms with Gasteiger partial charge in [0, 0.05) is 23.9 Å². The van der Waals surface area contributed by atoms with E-state index in [1.165, 1.54) is 11.0 Å². The van der Waals surface area contributed by atoms with Crippen LogP contribution in [-0.2, 0) is 4.79 Å². The number of carbonyl (C=O) groups is 1. The molecule has 1 aromatic rings. The first kappa shape index (κ1) is 12.0. The van der Waals surface area contributed by atoms with Gasteiger partial charge in [0.25, 0.3) is 5.69 Å². The maximum absolute atomic E-state index is 11.8. The SMILES string of the molecule is Cc1cccc([N+](=O)[O-])c1N1CC(Br)CC1=O. The topological polar surface area (TPSA) is 63.5 Å². The van der Waals surface area contributed by atoms with E-state index in [4.69, 9.17) is 0 Å². The van der Waals surface area contributed by atoms with Crippen molar-refractivity contribution in [1.29, 1.82) is 0 Å². The van der Waals surface area contributed by atoms with Crippen LogP contribution in [0, 0.1) is 17.0 Å². The van der Waals surface area contributed by atoms with Gasteiger partial charge in [-0.05, 0) is 12.5 Å². The van der Waals surface area contributed by atoms with Crippen molar-refractivity contribution in [3.05, 3.63) is 33.9 Å². The number of nitro benzene ring substituents is 1. The van der Waals surface area contributed by atoms with Crippen LogP contribution in [0.3, 0.4) is 0 Å². The van der Waals surface area contributed by atoms with Gasteiger partial charge in [-0.25, -0.2) is 0 Å². The summed E-state index contributed by atoms with van der Waals surface area (Å²) in [4.78, 5) is 23.9. The molecule has 90 valence electrons. The molecule has 0 spiro atoms. The maximum Gasteiger partial charge on any atom is 0.293 e. The van der Waals surface area contributed by atoms with Crippen molar-refractivity contribution in [3.63, 3.8) is 0 Å². The van der Waals surface area contributed by atoms with Crippen LogP contribution in [0.2, 0.25) is 0 Å². The number of aryl methyl sites for hydroxylation is 1. The van der Waals surface area contributed by atoms with Crippen LogP contribution in [-0.4, -0.2) is 22.2 Å². The Kier molecular flexibility index (Phi) is 3.15. The fourth-order valence-electron chi connectivity index (χ4n) is 2.02. The normalized spacial score (nSPS) is 19.8. The Morgan fingerprint density at radius 3 is 2.76 bits per heavy atom. The standard InChI is InChI=1S/C11H11BrN2O3/c1-7-3-2-4-9(14(16)17)11(7)13-6-8(12)5-10(13)15/h2-4,8H,5-6H2,1H3. The molecule has 5 nitrogen and oxygen atoms in total. The van der Waals surface area contributed by atoms with Crippen molar-refractivity contribution in [2.45, 2.75) is 18.2 Å². The van der Waals surface area contributed by atoms with Crippen molar-refractivity contribution in [2.75, 3.05) is 11.4 Å². The molecule has 1 aliphatic rings. The smallest absolute Gasteiger partial charge is 0.293 e. The Morgan fingerprint density at radius 2 is 2.24 bits per heavy atom. The molecule has 1 saturated heterocycles. The molecule has 1 amide bonds. The molecule has 1 heterocycles. The van der Waals surface area contributed by atoms with E-state index in [1.807, 2.05) is 0 Å². The van der Waals surface area contributed by atoms with Gasteiger partial charge in [-0.3, -0.25) is 14.9 Å². The number of nitro groups is 1. The third kappa shape index (κ3) is 2.17. The first-order valence-corrected chi connectivity index (χ1v) is 6.10. The molecule has 1 fully saturated rings. The van der Waals surface area contributed by atoms with Gasteiger partial charge in [0.1, 0.15) is 5.69 Å². The van der Waals surface area contributed by atoms with Crippen molar-refractivity contribution in [2.24, 2.45) is 0 Å². The van der Waals surface area contributed by atoms with Crippen LogP contribution < -0.4 is 4.90 Å². The average molecular weight is 299 g/mol. The Morgan fingerprint density at radius 1 is 1.53 bits per heavy atom. The van der Waals surface area contributed by atoms with E-state index in [0.717, 1.165) is 5.56 Å². The van der Waals surface area contributed by atoms with Gasteiger partial charge in [0.15, 0.2) is 0 Å². The molecule has 0 bridgehead atoms. The molecule has 17 heavy (non-hydrogen) atoms. The van der Waals surface area contributed by atoms with Crippen LogP contribution in [0.1, 0.15) is 12.0 Å². The lowest BCUT2D eigenvalue weighted by molar-refractivity contribution is -0.384. The zero-order chi connectivity index (χ0) is 12.6. The van der Waals surface area contributed by atoms with Crippen molar-refractivity contribution >= 4 is 33.2 Å². The molecule has 6 heteroatoms. The lowest BCUT2D eigenvalue weighted by atomic mass is 10.1. The van der Waals surface area contributed by atoms with Crippen LogP contribution in [0.15, 0.2) is 18.2 Å². The predicted octanol–water partition coefficient (Wildman–Crippen LogP) is 2.40. The number of halogens is 1. The summed E-state index contributed by atoms with van der Waals surface area (Å²) in [6.45, 7) is 2.25. The molecular weight excluding hydrogens is 288 g/mol. The molecule has 1 aromatic carbocycles. The molecule has 0 aliphatic carbocycles. The van der Waals surface area contributed by atoms with Crippen LogP contribution in [0.4, 0.5) is 11.4 Å². The molecule has 2 rings (SSSR count). The quantitative estimate of drug-likeness (QED) is 0.478. The molecule has 1 aliphatic heterocycles. The summed E-state index contributed by atoms with van der Waals surface area (Å²) in [7, 11) is 0. The van der Waals surface area contributed by atoms with E-state index in [0.29, 0.717) is 18.7 Å². The highest BCUT2D eigenvalue weighted by molar-refractivity contribution is 9.09. The first-order valence-electron chi connectivity index (χ1n) is 5.19. The number of nitrogens with zero attached hydrogens (tertiary/aromatic N) is 2. The highest BCUT2D eigenvalue weighted by Crippen LogP contribution is 2.35. The zero-order valence-corrected chi connectivity index (χ0v) is 10.8. The number of anilines is 1. The van der Waals surface area contributed by atoms with Crippen molar-refractivity contribution in [1.82, 2.24) is 0 Å². The van der Waals surface area contributed by atoms with Crippen molar-refractivity contribution < 1.29 is 9.72 Å². The zero-order valence-electron chi connectivity index (χ0n) is 9.22.